The summed E-state index contributed by atoms with van der Waals surface area (Å²) >= 11 is 0. The lowest BCUT2D eigenvalue weighted by molar-refractivity contribution is 0.373. The Labute approximate surface area is 59.4 Å². The third-order valence-electron chi connectivity index (χ3n) is 1.97. The fourth-order valence-corrected chi connectivity index (χ4v) is 1.13. The van der Waals surface area contributed by atoms with Crippen molar-refractivity contribution in [1.29, 1.82) is 0 Å². The van der Waals surface area contributed by atoms with E-state index in [1.54, 1.807) is 0 Å². The summed E-state index contributed by atoms with van der Waals surface area (Å²) in [5.41, 5.74) is 0. The maximum absolute atomic E-state index is 5.00. The van der Waals surface area contributed by atoms with E-state index in [2.05, 4.69) is 17.1 Å². The summed E-state index contributed by atoms with van der Waals surface area (Å²) in [6, 6.07) is 0. The van der Waals surface area contributed by atoms with E-state index >= 15 is 0 Å². The molecule has 0 aromatic carbocycles. The average Bonchev–Trinajstić information content (AvgIpc) is 2.42. The molecular formula is C7H10N2O. The number of aromatic nitrogens is 2. The molecule has 1 aromatic rings. The van der Waals surface area contributed by atoms with Crippen LogP contribution in [0.3, 0.4) is 0 Å². The van der Waals surface area contributed by atoms with Crippen LogP contribution >= 0.6 is 0 Å². The summed E-state index contributed by atoms with van der Waals surface area (Å²) < 4.78 is 5.00. The Kier molecular flexibility index (Phi) is 1.07. The first-order valence-electron chi connectivity index (χ1n) is 3.57. The van der Waals surface area contributed by atoms with Crippen LogP contribution in [0.1, 0.15) is 31.0 Å². The van der Waals surface area contributed by atoms with Gasteiger partial charge >= 0.3 is 0 Å². The maximum Gasteiger partial charge on any atom is 0.230 e. The van der Waals surface area contributed by atoms with Crippen molar-refractivity contribution in [1.82, 2.24) is 10.1 Å². The van der Waals surface area contributed by atoms with Crippen molar-refractivity contribution in [2.45, 2.75) is 26.2 Å². The molecule has 1 heterocycles. The van der Waals surface area contributed by atoms with E-state index in [0.29, 0.717) is 5.92 Å². The third-order valence-corrected chi connectivity index (χ3v) is 1.97. The van der Waals surface area contributed by atoms with Gasteiger partial charge in [0.25, 0.3) is 0 Å². The molecule has 2 atom stereocenters. The SMILES string of the molecule is Cc1noc(C2CC2C)n1. The molecule has 1 aromatic heterocycles. The highest BCUT2D eigenvalue weighted by Crippen LogP contribution is 2.45. The Morgan fingerprint density at radius 3 is 2.70 bits per heavy atom. The molecule has 3 nitrogen and oxygen atoms in total. The molecule has 2 rings (SSSR count). The summed E-state index contributed by atoms with van der Waals surface area (Å²) in [6.45, 7) is 4.05. The van der Waals surface area contributed by atoms with Gasteiger partial charge in [0.15, 0.2) is 5.82 Å². The molecule has 0 bridgehead atoms. The molecule has 0 radical (unpaired) electrons. The van der Waals surface area contributed by atoms with Crippen LogP contribution in [0.4, 0.5) is 0 Å². The topological polar surface area (TPSA) is 38.9 Å². The lowest BCUT2D eigenvalue weighted by Gasteiger charge is -1.82. The zero-order valence-electron chi connectivity index (χ0n) is 6.16. The van der Waals surface area contributed by atoms with Crippen LogP contribution in [-0.2, 0) is 0 Å². The van der Waals surface area contributed by atoms with E-state index in [1.165, 1.54) is 6.42 Å². The van der Waals surface area contributed by atoms with E-state index in [9.17, 15) is 0 Å². The highest BCUT2D eigenvalue weighted by Gasteiger charge is 2.38. The standard InChI is InChI=1S/C7H10N2O/c1-4-3-6(4)7-8-5(2)9-10-7/h4,6H,3H2,1-2H3. The van der Waals surface area contributed by atoms with Gasteiger partial charge in [0.05, 0.1) is 0 Å². The van der Waals surface area contributed by atoms with Gasteiger partial charge in [-0.2, -0.15) is 4.98 Å². The summed E-state index contributed by atoms with van der Waals surface area (Å²) in [5.74, 6) is 2.88. The van der Waals surface area contributed by atoms with Gasteiger partial charge in [-0.25, -0.2) is 0 Å². The van der Waals surface area contributed by atoms with E-state index in [-0.39, 0.29) is 0 Å². The molecule has 0 N–H and O–H groups in total. The zero-order valence-corrected chi connectivity index (χ0v) is 6.16. The molecule has 2 unspecified atom stereocenters. The quantitative estimate of drug-likeness (QED) is 0.590. The normalized spacial score (nSPS) is 30.6. The first-order chi connectivity index (χ1) is 4.77. The molecule has 1 saturated carbocycles. The molecule has 0 amide bonds. The third kappa shape index (κ3) is 0.818. The van der Waals surface area contributed by atoms with E-state index < -0.39 is 0 Å². The summed E-state index contributed by atoms with van der Waals surface area (Å²) in [7, 11) is 0. The van der Waals surface area contributed by atoms with Crippen LogP contribution in [-0.4, -0.2) is 10.1 Å². The fraction of sp³-hybridized carbons (Fsp3) is 0.714. The lowest BCUT2D eigenvalue weighted by atomic mass is 10.3. The van der Waals surface area contributed by atoms with Crippen LogP contribution in [0, 0.1) is 12.8 Å². The van der Waals surface area contributed by atoms with Crippen molar-refractivity contribution in [2.24, 2.45) is 5.92 Å². The highest BCUT2D eigenvalue weighted by molar-refractivity contribution is 5.05. The zero-order chi connectivity index (χ0) is 7.14. The molecule has 1 fully saturated rings. The second-order valence-electron chi connectivity index (χ2n) is 3.00. The van der Waals surface area contributed by atoms with Crippen molar-refractivity contribution in [3.05, 3.63) is 11.7 Å². The smallest absolute Gasteiger partial charge is 0.230 e. The van der Waals surface area contributed by atoms with Gasteiger partial charge in [-0.05, 0) is 19.3 Å². The predicted molar refractivity (Wildman–Crippen MR) is 35.6 cm³/mol. The number of aryl methyl sites for hydroxylation is 1. The van der Waals surface area contributed by atoms with Gasteiger partial charge in [0, 0.05) is 5.92 Å². The van der Waals surface area contributed by atoms with Crippen LogP contribution in [0.2, 0.25) is 0 Å². The average molecular weight is 138 g/mol. The number of hydrogen-bond acceptors (Lipinski definition) is 3. The molecule has 10 heavy (non-hydrogen) atoms. The minimum atomic E-state index is 0.557. The van der Waals surface area contributed by atoms with Crippen molar-refractivity contribution < 1.29 is 4.52 Å². The number of rotatable bonds is 1. The first-order valence-corrected chi connectivity index (χ1v) is 3.57. The first kappa shape index (κ1) is 5.89. The second kappa shape index (κ2) is 1.81. The van der Waals surface area contributed by atoms with Crippen molar-refractivity contribution in [2.75, 3.05) is 0 Å². The minimum absolute atomic E-state index is 0.557. The number of nitrogens with zero attached hydrogens (tertiary/aromatic N) is 2. The van der Waals surface area contributed by atoms with Crippen molar-refractivity contribution in [3.8, 4) is 0 Å². The summed E-state index contributed by atoms with van der Waals surface area (Å²) in [4.78, 5) is 4.15. The number of hydrogen-bond donors (Lipinski definition) is 0. The largest absolute Gasteiger partial charge is 0.339 e. The molecule has 1 aliphatic carbocycles. The van der Waals surface area contributed by atoms with Gasteiger partial charge in [0.1, 0.15) is 0 Å². The van der Waals surface area contributed by atoms with Gasteiger partial charge in [-0.1, -0.05) is 12.1 Å². The van der Waals surface area contributed by atoms with Crippen molar-refractivity contribution >= 4 is 0 Å². The fourth-order valence-electron chi connectivity index (χ4n) is 1.13. The molecule has 54 valence electrons. The van der Waals surface area contributed by atoms with E-state index in [0.717, 1.165) is 17.6 Å². The lowest BCUT2D eigenvalue weighted by Crippen LogP contribution is -1.79. The van der Waals surface area contributed by atoms with Crippen LogP contribution in [0.5, 0.6) is 0 Å². The van der Waals surface area contributed by atoms with Crippen LogP contribution in [0.15, 0.2) is 4.52 Å². The molecule has 0 aliphatic heterocycles. The second-order valence-corrected chi connectivity index (χ2v) is 3.00. The molecule has 1 aliphatic rings. The van der Waals surface area contributed by atoms with E-state index in [4.69, 9.17) is 4.52 Å². The Hall–Kier alpha value is -0.860. The molecule has 0 saturated heterocycles. The predicted octanol–water partition coefficient (Wildman–Crippen LogP) is 1.50. The minimum Gasteiger partial charge on any atom is -0.339 e. The Morgan fingerprint density at radius 1 is 1.60 bits per heavy atom. The van der Waals surface area contributed by atoms with Gasteiger partial charge in [0.2, 0.25) is 5.89 Å². The monoisotopic (exact) mass is 138 g/mol. The van der Waals surface area contributed by atoms with Gasteiger partial charge in [-0.15, -0.1) is 0 Å². The van der Waals surface area contributed by atoms with Gasteiger partial charge < -0.3 is 4.52 Å². The van der Waals surface area contributed by atoms with Gasteiger partial charge in [-0.3, -0.25) is 0 Å². The molecule has 3 heteroatoms. The molecular weight excluding hydrogens is 128 g/mol. The van der Waals surface area contributed by atoms with Crippen molar-refractivity contribution in [3.63, 3.8) is 0 Å². The Bertz CT molecular complexity index is 244. The van der Waals surface area contributed by atoms with Crippen LogP contribution < -0.4 is 0 Å². The molecule has 0 spiro atoms. The van der Waals surface area contributed by atoms with E-state index in [1.807, 2.05) is 6.92 Å². The Balaban J connectivity index is 2.20. The van der Waals surface area contributed by atoms with Crippen LogP contribution in [0.25, 0.3) is 0 Å². The maximum atomic E-state index is 5.00. The summed E-state index contributed by atoms with van der Waals surface area (Å²) in [6.07, 6.45) is 1.21. The highest BCUT2D eigenvalue weighted by atomic mass is 16.5. The Morgan fingerprint density at radius 2 is 2.30 bits per heavy atom. The summed E-state index contributed by atoms with van der Waals surface area (Å²) in [5, 5.41) is 3.73.